The second-order valence-corrected chi connectivity index (χ2v) is 11.9. The van der Waals surface area contributed by atoms with Gasteiger partial charge in [0.25, 0.3) is 5.91 Å². The predicted molar refractivity (Wildman–Crippen MR) is 153 cm³/mol. The number of hydrogen-bond acceptors (Lipinski definition) is 8. The van der Waals surface area contributed by atoms with Crippen LogP contribution in [0.4, 0.5) is 10.2 Å². The van der Waals surface area contributed by atoms with E-state index in [1.807, 2.05) is 33.0 Å². The molecule has 3 aromatic rings. The molecule has 0 bridgehead atoms. The second-order valence-electron chi connectivity index (χ2n) is 11.9. The summed E-state index contributed by atoms with van der Waals surface area (Å²) >= 11 is 0. The zero-order valence-corrected chi connectivity index (χ0v) is 24.1. The minimum absolute atomic E-state index is 0.0314. The lowest BCUT2D eigenvalue weighted by Gasteiger charge is -2.59. The van der Waals surface area contributed by atoms with Crippen molar-refractivity contribution in [2.24, 2.45) is 5.41 Å². The van der Waals surface area contributed by atoms with Gasteiger partial charge >= 0.3 is 0 Å². The Morgan fingerprint density at radius 3 is 2.76 bits per heavy atom. The third kappa shape index (κ3) is 5.32. The Hall–Kier alpha value is -3.79. The van der Waals surface area contributed by atoms with Gasteiger partial charge in [0.05, 0.1) is 17.5 Å². The van der Waals surface area contributed by atoms with Gasteiger partial charge in [-0.2, -0.15) is 0 Å². The van der Waals surface area contributed by atoms with Crippen LogP contribution in [-0.4, -0.2) is 63.6 Å². The Balaban J connectivity index is 1.12. The number of ether oxygens (including phenoxy) is 2. The van der Waals surface area contributed by atoms with Gasteiger partial charge in [0.2, 0.25) is 0 Å². The van der Waals surface area contributed by atoms with E-state index in [4.69, 9.17) is 9.47 Å². The number of benzene rings is 1. The molecule has 1 atom stereocenters. The number of aromatic nitrogens is 3. The lowest BCUT2D eigenvalue weighted by atomic mass is 9.61. The molecule has 10 heteroatoms. The summed E-state index contributed by atoms with van der Waals surface area (Å²) in [7, 11) is 0. The predicted octanol–water partition coefficient (Wildman–Crippen LogP) is 4.76. The number of hydrogen-bond donors (Lipinski definition) is 1. The summed E-state index contributed by atoms with van der Waals surface area (Å²) in [5.74, 6) is 1.56. The number of rotatable bonds is 8. The summed E-state index contributed by atoms with van der Waals surface area (Å²) in [6.07, 6.45) is 8.00. The molecule has 1 saturated heterocycles. The van der Waals surface area contributed by atoms with Crippen molar-refractivity contribution < 1.29 is 18.7 Å². The Kier molecular flexibility index (Phi) is 7.27. The first-order valence-corrected chi connectivity index (χ1v) is 14.5. The molecule has 2 aromatic heterocycles. The van der Waals surface area contributed by atoms with E-state index >= 15 is 0 Å². The van der Waals surface area contributed by atoms with Crippen molar-refractivity contribution in [3.05, 3.63) is 65.6 Å². The van der Waals surface area contributed by atoms with Crippen LogP contribution in [0.1, 0.15) is 62.2 Å². The minimum atomic E-state index is -0.491. The fraction of sp³-hybridized carbons (Fsp3) is 0.484. The van der Waals surface area contributed by atoms with Gasteiger partial charge < -0.3 is 24.6 Å². The number of fused-ring (bicyclic) bond motifs is 1. The van der Waals surface area contributed by atoms with Crippen LogP contribution < -0.4 is 19.7 Å². The van der Waals surface area contributed by atoms with Crippen LogP contribution in [0.5, 0.6) is 17.2 Å². The molecule has 0 radical (unpaired) electrons. The maximum absolute atomic E-state index is 14.2. The van der Waals surface area contributed by atoms with E-state index in [1.165, 1.54) is 30.1 Å². The normalized spacial score (nSPS) is 19.4. The van der Waals surface area contributed by atoms with Crippen LogP contribution in [0.15, 0.2) is 43.0 Å². The molecule has 9 nitrogen and oxygen atoms in total. The van der Waals surface area contributed by atoms with Crippen LogP contribution in [-0.2, 0) is 13.0 Å². The summed E-state index contributed by atoms with van der Waals surface area (Å²) in [5, 5.41) is 3.51. The number of halogens is 1. The third-order valence-corrected chi connectivity index (χ3v) is 8.47. The number of anilines is 1. The van der Waals surface area contributed by atoms with Gasteiger partial charge in [-0.05, 0) is 64.8 Å². The van der Waals surface area contributed by atoms with E-state index in [2.05, 4.69) is 32.1 Å². The van der Waals surface area contributed by atoms with Crippen molar-refractivity contribution in [2.45, 2.75) is 71.7 Å². The summed E-state index contributed by atoms with van der Waals surface area (Å²) < 4.78 is 26.9. The van der Waals surface area contributed by atoms with Gasteiger partial charge in [0, 0.05) is 61.9 Å². The lowest BCUT2D eigenvalue weighted by molar-refractivity contribution is -0.0350. The highest BCUT2D eigenvalue weighted by atomic mass is 19.1. The highest BCUT2D eigenvalue weighted by Gasteiger charge is 2.54. The second kappa shape index (κ2) is 10.9. The Morgan fingerprint density at radius 1 is 1.20 bits per heavy atom. The minimum Gasteiger partial charge on any atom is -0.490 e. The number of nitrogens with zero attached hydrogens (tertiary/aromatic N) is 5. The summed E-state index contributed by atoms with van der Waals surface area (Å²) in [4.78, 5) is 30.4. The molecule has 2 fully saturated rings. The maximum atomic E-state index is 14.2. The van der Waals surface area contributed by atoms with Gasteiger partial charge in [0.15, 0.2) is 11.6 Å². The van der Waals surface area contributed by atoms with Crippen molar-refractivity contribution in [3.63, 3.8) is 0 Å². The molecule has 6 rings (SSSR count). The molecule has 1 N–H and O–H groups in total. The van der Waals surface area contributed by atoms with Crippen molar-refractivity contribution >= 4 is 11.7 Å². The zero-order valence-electron chi connectivity index (χ0n) is 24.1. The zero-order chi connectivity index (χ0) is 28.7. The molecule has 1 aliphatic carbocycles. The van der Waals surface area contributed by atoms with Crippen LogP contribution in [0.25, 0.3) is 0 Å². The fourth-order valence-electron chi connectivity index (χ4n) is 6.36. The molecule has 4 heterocycles. The van der Waals surface area contributed by atoms with Crippen LogP contribution in [0, 0.1) is 11.2 Å². The number of amides is 1. The SMILES string of the molecule is CCN(C(=O)c1cc(F)ccc1Oc1cncnc1N1CC2(CC(Oc3ccnc4c3CNC(C)C4)C2)C1)C(C)C. The first-order chi connectivity index (χ1) is 19.7. The van der Waals surface area contributed by atoms with Gasteiger partial charge in [-0.15, -0.1) is 0 Å². The molecule has 1 amide bonds. The quantitative estimate of drug-likeness (QED) is 0.422. The maximum Gasteiger partial charge on any atom is 0.257 e. The molecule has 1 saturated carbocycles. The summed E-state index contributed by atoms with van der Waals surface area (Å²) in [5.41, 5.74) is 2.67. The molecule has 41 heavy (non-hydrogen) atoms. The number of carbonyl (C=O) groups is 1. The van der Waals surface area contributed by atoms with E-state index in [0.717, 1.165) is 50.3 Å². The molecule has 3 aliphatic rings. The smallest absolute Gasteiger partial charge is 0.257 e. The molecule has 1 unspecified atom stereocenters. The standard InChI is InChI=1S/C31H37FN6O3/c1-5-38(19(2)3)30(39)23-11-21(32)6-7-26(23)41-28-15-33-18-36-29(28)37-16-31(17-37)12-22(13-31)40-27-8-9-34-25-10-20(4)35-14-24(25)27/h6-9,11,15,18-20,22,35H,5,10,12-14,16-17H2,1-4H3. The Bertz CT molecular complexity index is 1440. The highest BCUT2D eigenvalue weighted by molar-refractivity contribution is 5.97. The van der Waals surface area contributed by atoms with E-state index in [0.29, 0.717) is 24.2 Å². The fourth-order valence-corrected chi connectivity index (χ4v) is 6.36. The van der Waals surface area contributed by atoms with E-state index in [1.54, 1.807) is 11.1 Å². The Morgan fingerprint density at radius 2 is 2.00 bits per heavy atom. The van der Waals surface area contributed by atoms with Gasteiger partial charge in [-0.25, -0.2) is 14.4 Å². The van der Waals surface area contributed by atoms with Crippen molar-refractivity contribution in [3.8, 4) is 17.2 Å². The van der Waals surface area contributed by atoms with E-state index < -0.39 is 5.82 Å². The first-order valence-electron chi connectivity index (χ1n) is 14.5. The summed E-state index contributed by atoms with van der Waals surface area (Å²) in [6.45, 7) is 10.9. The molecular weight excluding hydrogens is 523 g/mol. The van der Waals surface area contributed by atoms with Crippen LogP contribution in [0.2, 0.25) is 0 Å². The molecular formula is C31H37FN6O3. The van der Waals surface area contributed by atoms with E-state index in [-0.39, 0.29) is 34.8 Å². The molecule has 1 aromatic carbocycles. The largest absolute Gasteiger partial charge is 0.490 e. The molecule has 2 aliphatic heterocycles. The van der Waals surface area contributed by atoms with Crippen molar-refractivity contribution in [2.75, 3.05) is 24.5 Å². The topological polar surface area (TPSA) is 92.7 Å². The van der Waals surface area contributed by atoms with Crippen molar-refractivity contribution in [1.82, 2.24) is 25.2 Å². The Labute approximate surface area is 240 Å². The van der Waals surface area contributed by atoms with E-state index in [9.17, 15) is 9.18 Å². The van der Waals surface area contributed by atoms with Gasteiger partial charge in [-0.1, -0.05) is 0 Å². The average Bonchev–Trinajstić information content (AvgIpc) is 2.90. The number of carbonyl (C=O) groups excluding carboxylic acids is 1. The molecule has 216 valence electrons. The first kappa shape index (κ1) is 27.4. The van der Waals surface area contributed by atoms with Crippen molar-refractivity contribution in [1.29, 1.82) is 0 Å². The molecule has 1 spiro atoms. The summed E-state index contributed by atoms with van der Waals surface area (Å²) in [6, 6.07) is 6.40. The van der Waals surface area contributed by atoms with Crippen LogP contribution >= 0.6 is 0 Å². The third-order valence-electron chi connectivity index (χ3n) is 8.47. The number of pyridine rings is 1. The lowest BCUT2D eigenvalue weighted by Crippen LogP contribution is -2.65. The monoisotopic (exact) mass is 560 g/mol. The highest BCUT2D eigenvalue weighted by Crippen LogP contribution is 2.52. The average molecular weight is 561 g/mol. The number of nitrogens with one attached hydrogen (secondary N) is 1. The van der Waals surface area contributed by atoms with Gasteiger partial charge in [0.1, 0.15) is 29.7 Å². The van der Waals surface area contributed by atoms with Gasteiger partial charge in [-0.3, -0.25) is 9.78 Å². The van der Waals surface area contributed by atoms with Crippen LogP contribution in [0.3, 0.4) is 0 Å².